The van der Waals surface area contributed by atoms with Crippen LogP contribution in [-0.4, -0.2) is 73.2 Å². The number of benzene rings is 2. The van der Waals surface area contributed by atoms with Crippen molar-refractivity contribution in [1.82, 2.24) is 29.4 Å². The van der Waals surface area contributed by atoms with Gasteiger partial charge in [0.25, 0.3) is 0 Å². The highest BCUT2D eigenvalue weighted by Crippen LogP contribution is 2.41. The van der Waals surface area contributed by atoms with Gasteiger partial charge in [0.2, 0.25) is 11.4 Å². The number of piperazine rings is 1. The first kappa shape index (κ1) is 31.6. The average molecular weight is 654 g/mol. The SMILES string of the molecule is CCc1cc(Nc2nc(N)c3c(ncn3CCCCN3CCN(c4cc5[nH]c(C6CC6)c(C(=O)O)c(=O)c5cc4F)CC3)n2)ccc1C. The van der Waals surface area contributed by atoms with Crippen molar-refractivity contribution in [2.75, 3.05) is 48.7 Å². The summed E-state index contributed by atoms with van der Waals surface area (Å²) in [5.74, 6) is -0.950. The number of aromatic carboxylic acids is 1. The predicted octanol–water partition coefficient (Wildman–Crippen LogP) is 5.18. The Morgan fingerprint density at radius 2 is 1.88 bits per heavy atom. The van der Waals surface area contributed by atoms with Gasteiger partial charge in [0.05, 0.1) is 17.5 Å². The fourth-order valence-corrected chi connectivity index (χ4v) is 6.77. The molecule has 48 heavy (non-hydrogen) atoms. The van der Waals surface area contributed by atoms with Crippen LogP contribution in [0.15, 0.2) is 41.5 Å². The Hall–Kier alpha value is -5.04. The second-order valence-corrected chi connectivity index (χ2v) is 12.9. The number of nitrogens with zero attached hydrogens (tertiary/aromatic N) is 6. The molecule has 4 heterocycles. The molecule has 0 radical (unpaired) electrons. The van der Waals surface area contributed by atoms with Gasteiger partial charge < -0.3 is 30.6 Å². The number of carboxylic acid groups (broad SMARTS) is 1. The van der Waals surface area contributed by atoms with Crippen molar-refractivity contribution < 1.29 is 14.3 Å². The number of aromatic amines is 1. The first-order valence-corrected chi connectivity index (χ1v) is 16.6. The summed E-state index contributed by atoms with van der Waals surface area (Å²) < 4.78 is 17.3. The second-order valence-electron chi connectivity index (χ2n) is 12.9. The fraction of sp³-hybridized carbons (Fsp3) is 0.400. The Morgan fingerprint density at radius 1 is 1.10 bits per heavy atom. The quantitative estimate of drug-likeness (QED) is 0.140. The predicted molar refractivity (Wildman–Crippen MR) is 185 cm³/mol. The van der Waals surface area contributed by atoms with E-state index in [1.54, 1.807) is 12.4 Å². The Morgan fingerprint density at radius 3 is 2.60 bits per heavy atom. The first-order valence-electron chi connectivity index (χ1n) is 16.6. The number of imidazole rings is 1. The third-order valence-electron chi connectivity index (χ3n) is 9.62. The van der Waals surface area contributed by atoms with Crippen LogP contribution < -0.4 is 21.4 Å². The fourth-order valence-electron chi connectivity index (χ4n) is 6.77. The van der Waals surface area contributed by atoms with Crippen LogP contribution in [0.5, 0.6) is 0 Å². The van der Waals surface area contributed by atoms with Gasteiger partial charge in [0.1, 0.15) is 16.9 Å². The third kappa shape index (κ3) is 6.17. The van der Waals surface area contributed by atoms with Gasteiger partial charge in [0.15, 0.2) is 11.5 Å². The monoisotopic (exact) mass is 653 g/mol. The molecule has 0 unspecified atom stereocenters. The lowest BCUT2D eigenvalue weighted by Gasteiger charge is -2.36. The lowest BCUT2D eigenvalue weighted by molar-refractivity contribution is 0.0694. The van der Waals surface area contributed by atoms with Crippen molar-refractivity contribution in [2.24, 2.45) is 0 Å². The van der Waals surface area contributed by atoms with Gasteiger partial charge in [0, 0.05) is 55.4 Å². The maximum absolute atomic E-state index is 15.3. The zero-order chi connectivity index (χ0) is 33.5. The number of fused-ring (bicyclic) bond motifs is 2. The Kier molecular flexibility index (Phi) is 8.46. The highest BCUT2D eigenvalue weighted by atomic mass is 19.1. The van der Waals surface area contributed by atoms with Crippen molar-refractivity contribution in [2.45, 2.75) is 58.4 Å². The number of aromatic nitrogens is 5. The van der Waals surface area contributed by atoms with Crippen LogP contribution in [0.1, 0.15) is 65.7 Å². The normalized spacial score (nSPS) is 15.4. The van der Waals surface area contributed by atoms with Crippen LogP contribution in [0.4, 0.5) is 27.5 Å². The molecular weight excluding hydrogens is 613 g/mol. The zero-order valence-corrected chi connectivity index (χ0v) is 27.2. The Balaban J connectivity index is 0.940. The molecule has 7 rings (SSSR count). The number of hydrogen-bond acceptors (Lipinski definition) is 9. The molecule has 1 aliphatic carbocycles. The molecular formula is C35H40FN9O3. The van der Waals surface area contributed by atoms with Crippen LogP contribution in [0, 0.1) is 12.7 Å². The molecule has 1 aliphatic heterocycles. The summed E-state index contributed by atoms with van der Waals surface area (Å²) in [6.45, 7) is 8.74. The minimum absolute atomic E-state index is 0.0391. The number of hydrogen-bond donors (Lipinski definition) is 4. The Bertz CT molecular complexity index is 2080. The van der Waals surface area contributed by atoms with Crippen molar-refractivity contribution >= 4 is 51.2 Å². The summed E-state index contributed by atoms with van der Waals surface area (Å²) in [7, 11) is 0. The van der Waals surface area contributed by atoms with Crippen molar-refractivity contribution in [3.63, 3.8) is 0 Å². The van der Waals surface area contributed by atoms with E-state index in [2.05, 4.69) is 56.1 Å². The smallest absolute Gasteiger partial charge is 0.341 e. The van der Waals surface area contributed by atoms with Crippen molar-refractivity contribution in [1.29, 1.82) is 0 Å². The van der Waals surface area contributed by atoms with E-state index in [4.69, 9.17) is 5.73 Å². The summed E-state index contributed by atoms with van der Waals surface area (Å²) in [5, 5.41) is 13.0. The first-order chi connectivity index (χ1) is 23.2. The van der Waals surface area contributed by atoms with Crippen molar-refractivity contribution in [3.8, 4) is 0 Å². The summed E-state index contributed by atoms with van der Waals surface area (Å²) in [5.41, 5.74) is 11.5. The van der Waals surface area contributed by atoms with Crippen LogP contribution in [0.3, 0.4) is 0 Å². The van der Waals surface area contributed by atoms with E-state index < -0.39 is 17.2 Å². The number of H-pyrrole nitrogens is 1. The van der Waals surface area contributed by atoms with Crippen LogP contribution in [-0.2, 0) is 13.0 Å². The number of anilines is 4. The minimum atomic E-state index is -1.27. The molecule has 5 aromatic rings. The number of carboxylic acids is 1. The Labute approximate surface area is 276 Å². The zero-order valence-electron chi connectivity index (χ0n) is 27.2. The van der Waals surface area contributed by atoms with Gasteiger partial charge in [-0.25, -0.2) is 14.2 Å². The number of halogens is 1. The van der Waals surface area contributed by atoms with Gasteiger partial charge in [-0.3, -0.25) is 9.69 Å². The molecule has 0 spiro atoms. The third-order valence-corrected chi connectivity index (χ3v) is 9.62. The van der Waals surface area contributed by atoms with Crippen molar-refractivity contribution in [3.05, 3.63) is 75.1 Å². The van der Waals surface area contributed by atoms with E-state index in [1.165, 1.54) is 17.2 Å². The van der Waals surface area contributed by atoms with E-state index in [9.17, 15) is 14.7 Å². The van der Waals surface area contributed by atoms with Gasteiger partial charge in [-0.1, -0.05) is 13.0 Å². The lowest BCUT2D eigenvalue weighted by Crippen LogP contribution is -2.47. The van der Waals surface area contributed by atoms with Crippen LogP contribution in [0.25, 0.3) is 22.1 Å². The molecule has 2 aromatic carbocycles. The van der Waals surface area contributed by atoms with E-state index in [-0.39, 0.29) is 16.9 Å². The molecule has 1 saturated carbocycles. The molecule has 0 amide bonds. The highest BCUT2D eigenvalue weighted by Gasteiger charge is 2.32. The second kappa shape index (κ2) is 12.9. The molecule has 250 valence electrons. The topological polar surface area (TPSA) is 158 Å². The van der Waals surface area contributed by atoms with E-state index >= 15 is 4.39 Å². The number of carbonyl (C=O) groups is 1. The van der Waals surface area contributed by atoms with Crippen LogP contribution >= 0.6 is 0 Å². The molecule has 0 bridgehead atoms. The summed E-state index contributed by atoms with van der Waals surface area (Å²) in [6.07, 6.45) is 6.27. The van der Waals surface area contributed by atoms with E-state index in [0.717, 1.165) is 69.5 Å². The van der Waals surface area contributed by atoms with Gasteiger partial charge in [-0.05, 0) is 81.0 Å². The molecule has 3 aromatic heterocycles. The molecule has 12 nitrogen and oxygen atoms in total. The van der Waals surface area contributed by atoms with Crippen LogP contribution in [0.2, 0.25) is 0 Å². The number of nitrogens with two attached hydrogens (primary N) is 1. The van der Waals surface area contributed by atoms with Gasteiger partial charge in [-0.2, -0.15) is 9.97 Å². The largest absolute Gasteiger partial charge is 0.477 e. The lowest BCUT2D eigenvalue weighted by atomic mass is 10.0. The van der Waals surface area contributed by atoms with E-state index in [1.807, 2.05) is 15.5 Å². The maximum Gasteiger partial charge on any atom is 0.341 e. The number of nitrogen functional groups attached to an aromatic ring is 1. The number of nitrogens with one attached hydrogen (secondary N) is 2. The number of rotatable bonds is 11. The number of aryl methyl sites for hydroxylation is 3. The standard InChI is InChI=1S/C35H40FN9O3/c1-3-21-16-23(9-6-20(21)2)39-35-41-32(37)30-33(42-35)38-19-45(30)11-5-4-10-43-12-14-44(15-13-43)27-18-26-24(17-25(27)36)31(46)28(34(47)48)29(40-26)22-7-8-22/h6,9,16-19,22H,3-5,7-8,10-15H2,1-2H3,(H,40,46)(H,47,48)(H3,37,39,41,42). The molecule has 1 saturated heterocycles. The van der Waals surface area contributed by atoms with Gasteiger partial charge in [-0.15, -0.1) is 0 Å². The molecule has 2 fully saturated rings. The highest BCUT2D eigenvalue weighted by molar-refractivity contribution is 5.95. The van der Waals surface area contributed by atoms with Gasteiger partial charge >= 0.3 is 5.97 Å². The average Bonchev–Trinajstić information content (AvgIpc) is 3.84. The molecule has 13 heteroatoms. The maximum atomic E-state index is 15.3. The summed E-state index contributed by atoms with van der Waals surface area (Å²) >= 11 is 0. The molecule has 5 N–H and O–H groups in total. The summed E-state index contributed by atoms with van der Waals surface area (Å²) in [4.78, 5) is 45.9. The summed E-state index contributed by atoms with van der Waals surface area (Å²) in [6, 6.07) is 9.03. The minimum Gasteiger partial charge on any atom is -0.477 e. The molecule has 0 atom stereocenters. The number of pyridine rings is 1. The molecule has 2 aliphatic rings. The van der Waals surface area contributed by atoms with E-state index in [0.29, 0.717) is 47.4 Å². The number of unbranched alkanes of at least 4 members (excludes halogenated alkanes) is 1.